The molecule has 0 saturated heterocycles. The Bertz CT molecular complexity index is 470. The van der Waals surface area contributed by atoms with E-state index in [0.717, 1.165) is 5.92 Å². The van der Waals surface area contributed by atoms with Gasteiger partial charge in [-0.05, 0) is 24.7 Å². The molecule has 1 unspecified atom stereocenters. The molecule has 0 bridgehead atoms. The van der Waals surface area contributed by atoms with Crippen molar-refractivity contribution in [3.8, 4) is 0 Å². The van der Waals surface area contributed by atoms with Gasteiger partial charge in [-0.3, -0.25) is 14.3 Å². The van der Waals surface area contributed by atoms with Crippen LogP contribution >= 0.6 is 0 Å². The fourth-order valence-electron chi connectivity index (χ4n) is 1.79. The molecular weight excluding hydrogens is 194 g/mol. The van der Waals surface area contributed by atoms with Crippen LogP contribution in [0.3, 0.4) is 0 Å². The maximum atomic E-state index is 11.4. The third kappa shape index (κ3) is 2.11. The smallest absolute Gasteiger partial charge is 0.328 e. The summed E-state index contributed by atoms with van der Waals surface area (Å²) in [6.45, 7) is 2.75. The number of aromatic nitrogens is 2. The van der Waals surface area contributed by atoms with Crippen LogP contribution < -0.4 is 17.0 Å². The van der Waals surface area contributed by atoms with Crippen molar-refractivity contribution in [2.75, 3.05) is 5.73 Å². The molecule has 1 aliphatic carbocycles. The van der Waals surface area contributed by atoms with E-state index in [4.69, 9.17) is 5.73 Å². The summed E-state index contributed by atoms with van der Waals surface area (Å²) in [5, 5.41) is 0. The van der Waals surface area contributed by atoms with Gasteiger partial charge in [0.05, 0.1) is 0 Å². The predicted molar refractivity (Wildman–Crippen MR) is 57.6 cm³/mol. The average molecular weight is 209 g/mol. The molecule has 0 radical (unpaired) electrons. The van der Waals surface area contributed by atoms with E-state index in [0.29, 0.717) is 12.5 Å². The lowest BCUT2D eigenvalue weighted by Crippen LogP contribution is -2.32. The highest BCUT2D eigenvalue weighted by Gasteiger charge is 2.28. The Kier molecular flexibility index (Phi) is 2.38. The first-order valence-electron chi connectivity index (χ1n) is 5.17. The van der Waals surface area contributed by atoms with Crippen LogP contribution in [0.4, 0.5) is 5.69 Å². The third-order valence-electron chi connectivity index (χ3n) is 2.95. The first kappa shape index (κ1) is 10.0. The molecule has 5 nitrogen and oxygen atoms in total. The molecule has 0 aliphatic heterocycles. The average Bonchev–Trinajstić information content (AvgIpc) is 2.97. The normalized spacial score (nSPS) is 17.7. The lowest BCUT2D eigenvalue weighted by Gasteiger charge is -2.11. The van der Waals surface area contributed by atoms with Crippen LogP contribution in [-0.2, 0) is 6.54 Å². The van der Waals surface area contributed by atoms with Crippen molar-refractivity contribution in [3.05, 3.63) is 27.0 Å². The minimum Gasteiger partial charge on any atom is -0.393 e. The molecule has 1 atom stereocenters. The molecule has 2 rings (SSSR count). The molecule has 0 spiro atoms. The topological polar surface area (TPSA) is 80.9 Å². The van der Waals surface area contributed by atoms with Crippen molar-refractivity contribution in [2.24, 2.45) is 11.8 Å². The van der Waals surface area contributed by atoms with Gasteiger partial charge in [0.1, 0.15) is 5.69 Å². The van der Waals surface area contributed by atoms with E-state index in [1.54, 1.807) is 0 Å². The molecule has 1 aromatic heterocycles. The minimum atomic E-state index is -0.504. The zero-order chi connectivity index (χ0) is 11.0. The zero-order valence-corrected chi connectivity index (χ0v) is 8.69. The number of hydrogen-bond acceptors (Lipinski definition) is 3. The van der Waals surface area contributed by atoms with Gasteiger partial charge in [0.2, 0.25) is 0 Å². The molecule has 1 heterocycles. The summed E-state index contributed by atoms with van der Waals surface area (Å²) in [7, 11) is 0. The Hall–Kier alpha value is -1.52. The summed E-state index contributed by atoms with van der Waals surface area (Å²) < 4.78 is 1.49. The van der Waals surface area contributed by atoms with Crippen LogP contribution in [0.5, 0.6) is 0 Å². The number of H-pyrrole nitrogens is 1. The number of nitrogen functional groups attached to an aromatic ring is 1. The highest BCUT2D eigenvalue weighted by atomic mass is 16.2. The summed E-state index contributed by atoms with van der Waals surface area (Å²) in [5.41, 5.74) is 4.67. The lowest BCUT2D eigenvalue weighted by molar-refractivity contribution is 0.419. The molecule has 1 aromatic rings. The summed E-state index contributed by atoms with van der Waals surface area (Å²) in [5.74, 6) is 1.19. The Balaban J connectivity index is 2.24. The van der Waals surface area contributed by atoms with E-state index >= 15 is 0 Å². The number of rotatable bonds is 3. The lowest BCUT2D eigenvalue weighted by atomic mass is 10.1. The Morgan fingerprint density at radius 1 is 1.60 bits per heavy atom. The number of hydrogen-bond donors (Lipinski definition) is 2. The van der Waals surface area contributed by atoms with Crippen LogP contribution in [0.2, 0.25) is 0 Å². The minimum absolute atomic E-state index is 0.0950. The van der Waals surface area contributed by atoms with Gasteiger partial charge in [-0.2, -0.15) is 0 Å². The number of anilines is 1. The van der Waals surface area contributed by atoms with E-state index in [-0.39, 0.29) is 11.4 Å². The molecular formula is C10H15N3O2. The van der Waals surface area contributed by atoms with Gasteiger partial charge in [0.15, 0.2) is 0 Å². The van der Waals surface area contributed by atoms with Crippen LogP contribution in [-0.4, -0.2) is 9.55 Å². The van der Waals surface area contributed by atoms with E-state index in [1.807, 2.05) is 0 Å². The van der Waals surface area contributed by atoms with Gasteiger partial charge < -0.3 is 5.73 Å². The molecule has 82 valence electrons. The predicted octanol–water partition coefficient (Wildman–Crippen LogP) is 0.165. The van der Waals surface area contributed by atoms with Crippen molar-refractivity contribution < 1.29 is 0 Å². The van der Waals surface area contributed by atoms with Gasteiger partial charge in [-0.15, -0.1) is 0 Å². The van der Waals surface area contributed by atoms with Crippen LogP contribution in [0.15, 0.2) is 15.8 Å². The summed E-state index contributed by atoms with van der Waals surface area (Å²) >= 11 is 0. The molecule has 0 amide bonds. The number of nitrogens with one attached hydrogen (secondary N) is 1. The third-order valence-corrected chi connectivity index (χ3v) is 2.95. The zero-order valence-electron chi connectivity index (χ0n) is 8.69. The number of nitrogens with zero attached hydrogens (tertiary/aromatic N) is 1. The first-order chi connectivity index (χ1) is 7.08. The second-order valence-electron chi connectivity index (χ2n) is 4.31. The first-order valence-corrected chi connectivity index (χ1v) is 5.17. The summed E-state index contributed by atoms with van der Waals surface area (Å²) in [6.07, 6.45) is 3.92. The van der Waals surface area contributed by atoms with Crippen LogP contribution in [0, 0.1) is 11.8 Å². The Morgan fingerprint density at radius 2 is 2.27 bits per heavy atom. The SMILES string of the molecule is CC(Cn1cc(N)c(=O)[nH]c1=O)C1CC1. The number of aromatic amines is 1. The van der Waals surface area contributed by atoms with Gasteiger partial charge in [-0.1, -0.05) is 6.92 Å². The van der Waals surface area contributed by atoms with E-state index < -0.39 is 5.56 Å². The molecule has 15 heavy (non-hydrogen) atoms. The second kappa shape index (κ2) is 3.56. The molecule has 3 N–H and O–H groups in total. The maximum absolute atomic E-state index is 11.4. The van der Waals surface area contributed by atoms with E-state index in [9.17, 15) is 9.59 Å². The Labute approximate surface area is 86.9 Å². The fraction of sp³-hybridized carbons (Fsp3) is 0.600. The van der Waals surface area contributed by atoms with Crippen molar-refractivity contribution >= 4 is 5.69 Å². The highest BCUT2D eigenvalue weighted by Crippen LogP contribution is 2.37. The van der Waals surface area contributed by atoms with Crippen LogP contribution in [0.1, 0.15) is 19.8 Å². The van der Waals surface area contributed by atoms with Crippen molar-refractivity contribution in [3.63, 3.8) is 0 Å². The molecule has 0 aromatic carbocycles. The van der Waals surface area contributed by atoms with Crippen molar-refractivity contribution in [1.82, 2.24) is 9.55 Å². The van der Waals surface area contributed by atoms with Crippen molar-refractivity contribution in [1.29, 1.82) is 0 Å². The Morgan fingerprint density at radius 3 is 2.87 bits per heavy atom. The summed E-state index contributed by atoms with van der Waals surface area (Å²) in [6, 6.07) is 0. The highest BCUT2D eigenvalue weighted by molar-refractivity contribution is 5.30. The fourth-order valence-corrected chi connectivity index (χ4v) is 1.79. The van der Waals surface area contributed by atoms with Gasteiger partial charge in [0.25, 0.3) is 5.56 Å². The van der Waals surface area contributed by atoms with E-state index in [1.165, 1.54) is 23.6 Å². The molecule has 1 aliphatic rings. The molecule has 1 fully saturated rings. The standard InChI is InChI=1S/C10H15N3O2/c1-6(7-2-3-7)4-13-5-8(11)9(14)12-10(13)15/h5-7H,2-4,11H2,1H3,(H,12,14,15). The van der Waals surface area contributed by atoms with Gasteiger partial charge in [0, 0.05) is 12.7 Å². The van der Waals surface area contributed by atoms with Crippen molar-refractivity contribution in [2.45, 2.75) is 26.3 Å². The maximum Gasteiger partial charge on any atom is 0.328 e. The quantitative estimate of drug-likeness (QED) is 0.744. The van der Waals surface area contributed by atoms with Gasteiger partial charge in [-0.25, -0.2) is 4.79 Å². The van der Waals surface area contributed by atoms with E-state index in [2.05, 4.69) is 11.9 Å². The monoisotopic (exact) mass is 209 g/mol. The molecule has 5 heteroatoms. The second-order valence-corrected chi connectivity index (χ2v) is 4.31. The largest absolute Gasteiger partial charge is 0.393 e. The summed E-state index contributed by atoms with van der Waals surface area (Å²) in [4.78, 5) is 24.7. The number of nitrogens with two attached hydrogens (primary N) is 1. The van der Waals surface area contributed by atoms with Gasteiger partial charge >= 0.3 is 5.69 Å². The van der Waals surface area contributed by atoms with Crippen LogP contribution in [0.25, 0.3) is 0 Å². The molecule has 1 saturated carbocycles.